The van der Waals surface area contributed by atoms with E-state index in [9.17, 15) is 13.2 Å². The number of anilines is 1. The lowest BCUT2D eigenvalue weighted by Crippen LogP contribution is -2.49. The van der Waals surface area contributed by atoms with Gasteiger partial charge in [-0.15, -0.1) is 0 Å². The minimum atomic E-state index is -3.51. The molecule has 1 aromatic rings. The number of nitrogens with zero attached hydrogens (tertiary/aromatic N) is 3. The maximum atomic E-state index is 13.0. The third-order valence-electron chi connectivity index (χ3n) is 6.04. The predicted octanol–water partition coefficient (Wildman–Crippen LogP) is 1.19. The Kier molecular flexibility index (Phi) is 8.24. The molecule has 0 aromatic heterocycles. The molecule has 1 atom stereocenters. The lowest BCUT2D eigenvalue weighted by atomic mass is 10.0. The number of β-amino-alcohol motifs (C(OH)–C–C–N with tert-alkyl or cyclic N) is 1. The van der Waals surface area contributed by atoms with Gasteiger partial charge in [0.05, 0.1) is 18.0 Å². The number of aliphatic hydroxyl groups is 1. The van der Waals surface area contributed by atoms with E-state index in [0.29, 0.717) is 25.3 Å². The van der Waals surface area contributed by atoms with E-state index in [1.165, 1.54) is 0 Å². The molecule has 1 unspecified atom stereocenters. The summed E-state index contributed by atoms with van der Waals surface area (Å²) < 4.78 is 27.7. The number of amides is 1. The Bertz CT molecular complexity index is 792. The first-order valence-corrected chi connectivity index (χ1v) is 12.4. The molecule has 9 heteroatoms. The first kappa shape index (κ1) is 23.1. The maximum absolute atomic E-state index is 13.0. The van der Waals surface area contributed by atoms with Gasteiger partial charge < -0.3 is 10.4 Å². The molecule has 168 valence electrons. The quantitative estimate of drug-likeness (QED) is 0.633. The highest BCUT2D eigenvalue weighted by Gasteiger charge is 2.32. The summed E-state index contributed by atoms with van der Waals surface area (Å²) in [6.07, 6.45) is 3.71. The highest BCUT2D eigenvalue weighted by molar-refractivity contribution is 7.89. The van der Waals surface area contributed by atoms with Gasteiger partial charge in [0.15, 0.2) is 0 Å². The summed E-state index contributed by atoms with van der Waals surface area (Å²) in [6.45, 7) is 7.01. The van der Waals surface area contributed by atoms with Gasteiger partial charge in [-0.25, -0.2) is 8.42 Å². The minimum Gasteiger partial charge on any atom is -0.395 e. The number of sulfonamides is 1. The van der Waals surface area contributed by atoms with Crippen molar-refractivity contribution < 1.29 is 18.3 Å². The summed E-state index contributed by atoms with van der Waals surface area (Å²) >= 11 is 0. The molecule has 0 saturated carbocycles. The third kappa shape index (κ3) is 5.79. The largest absolute Gasteiger partial charge is 0.395 e. The van der Waals surface area contributed by atoms with Crippen molar-refractivity contribution in [3.8, 4) is 0 Å². The Morgan fingerprint density at radius 2 is 1.73 bits per heavy atom. The van der Waals surface area contributed by atoms with Crippen molar-refractivity contribution in [1.29, 1.82) is 0 Å². The van der Waals surface area contributed by atoms with E-state index >= 15 is 0 Å². The van der Waals surface area contributed by atoms with Crippen molar-refractivity contribution in [2.24, 2.45) is 0 Å². The van der Waals surface area contributed by atoms with Crippen molar-refractivity contribution in [1.82, 2.24) is 14.1 Å². The number of carbonyl (C=O) groups excluding carboxylic acids is 1. The zero-order chi connectivity index (χ0) is 21.6. The normalized spacial score (nSPS) is 22.1. The van der Waals surface area contributed by atoms with Gasteiger partial charge in [0.1, 0.15) is 0 Å². The molecule has 2 heterocycles. The van der Waals surface area contributed by atoms with Crippen molar-refractivity contribution in [2.45, 2.75) is 43.5 Å². The zero-order valence-corrected chi connectivity index (χ0v) is 18.6. The number of carbonyl (C=O) groups is 1. The number of aliphatic hydroxyl groups excluding tert-OH is 1. The molecule has 0 radical (unpaired) electrons. The van der Waals surface area contributed by atoms with Crippen LogP contribution in [0.15, 0.2) is 29.2 Å². The van der Waals surface area contributed by atoms with Gasteiger partial charge in [-0.3, -0.25) is 14.6 Å². The molecular weight excluding hydrogens is 404 g/mol. The fourth-order valence-electron chi connectivity index (χ4n) is 4.26. The van der Waals surface area contributed by atoms with Crippen LogP contribution in [0.5, 0.6) is 0 Å². The van der Waals surface area contributed by atoms with Crippen LogP contribution in [-0.2, 0) is 14.8 Å². The molecule has 2 N–H and O–H groups in total. The van der Waals surface area contributed by atoms with Crippen LogP contribution in [0.3, 0.4) is 0 Å². The van der Waals surface area contributed by atoms with Crippen LogP contribution in [0.1, 0.15) is 32.6 Å². The van der Waals surface area contributed by atoms with Crippen molar-refractivity contribution in [3.63, 3.8) is 0 Å². The van der Waals surface area contributed by atoms with Crippen molar-refractivity contribution >= 4 is 21.6 Å². The topological polar surface area (TPSA) is 93.2 Å². The highest BCUT2D eigenvalue weighted by Crippen LogP contribution is 2.27. The summed E-state index contributed by atoms with van der Waals surface area (Å²) in [7, 11) is -3.51. The average molecular weight is 439 g/mol. The van der Waals surface area contributed by atoms with Gasteiger partial charge in [-0.1, -0.05) is 13.3 Å². The van der Waals surface area contributed by atoms with E-state index in [1.54, 1.807) is 28.6 Å². The number of hydrogen-bond donors (Lipinski definition) is 2. The predicted molar refractivity (Wildman–Crippen MR) is 117 cm³/mol. The lowest BCUT2D eigenvalue weighted by molar-refractivity contribution is -0.117. The van der Waals surface area contributed by atoms with Gasteiger partial charge in [0.2, 0.25) is 15.9 Å². The Hall–Kier alpha value is -1.52. The summed E-state index contributed by atoms with van der Waals surface area (Å²) in [6, 6.07) is 6.56. The Morgan fingerprint density at radius 3 is 2.37 bits per heavy atom. The molecule has 2 fully saturated rings. The fourth-order valence-corrected chi connectivity index (χ4v) is 6.03. The number of benzene rings is 1. The minimum absolute atomic E-state index is 0.0703. The SMILES string of the molecule is CCC1CCCCN1S(=O)(=O)c1ccc(NC(=O)CN2CCN(CCO)CC2)cc1. The molecule has 2 aliphatic rings. The van der Waals surface area contributed by atoms with Gasteiger partial charge >= 0.3 is 0 Å². The second kappa shape index (κ2) is 10.7. The van der Waals surface area contributed by atoms with Gasteiger partial charge in [0, 0.05) is 51.0 Å². The summed E-state index contributed by atoms with van der Waals surface area (Å²) in [5, 5.41) is 11.9. The Morgan fingerprint density at radius 1 is 1.07 bits per heavy atom. The number of hydrogen-bond acceptors (Lipinski definition) is 6. The number of rotatable bonds is 8. The summed E-state index contributed by atoms with van der Waals surface area (Å²) in [5.74, 6) is -0.108. The standard InChI is InChI=1S/C21H34N4O4S/c1-2-19-5-3-4-10-25(19)30(28,29)20-8-6-18(7-9-20)22-21(27)17-24-13-11-23(12-14-24)15-16-26/h6-9,19,26H,2-5,10-17H2,1H3,(H,22,27). The second-order valence-electron chi connectivity index (χ2n) is 8.09. The van der Waals surface area contributed by atoms with Crippen LogP contribution in [0.25, 0.3) is 0 Å². The van der Waals surface area contributed by atoms with Gasteiger partial charge in [-0.2, -0.15) is 4.31 Å². The van der Waals surface area contributed by atoms with E-state index in [0.717, 1.165) is 51.9 Å². The number of piperazine rings is 1. The molecule has 3 rings (SSSR count). The molecule has 1 aromatic carbocycles. The van der Waals surface area contributed by atoms with Gasteiger partial charge in [-0.05, 0) is 43.5 Å². The molecular formula is C21H34N4O4S. The molecule has 0 aliphatic carbocycles. The number of piperidine rings is 1. The first-order valence-electron chi connectivity index (χ1n) is 10.9. The molecule has 8 nitrogen and oxygen atoms in total. The molecule has 0 bridgehead atoms. The fraction of sp³-hybridized carbons (Fsp3) is 0.667. The highest BCUT2D eigenvalue weighted by atomic mass is 32.2. The molecule has 30 heavy (non-hydrogen) atoms. The van der Waals surface area contributed by atoms with E-state index in [2.05, 4.69) is 15.1 Å². The Labute approximate surface area is 179 Å². The maximum Gasteiger partial charge on any atom is 0.243 e. The molecule has 0 spiro atoms. The Balaban J connectivity index is 1.54. The van der Waals surface area contributed by atoms with E-state index < -0.39 is 10.0 Å². The third-order valence-corrected chi connectivity index (χ3v) is 8.00. The van der Waals surface area contributed by atoms with Crippen molar-refractivity contribution in [2.75, 3.05) is 57.7 Å². The first-order chi connectivity index (χ1) is 14.4. The second-order valence-corrected chi connectivity index (χ2v) is 9.98. The van der Waals surface area contributed by atoms with E-state index in [1.807, 2.05) is 6.92 Å². The zero-order valence-electron chi connectivity index (χ0n) is 17.8. The van der Waals surface area contributed by atoms with E-state index in [-0.39, 0.29) is 23.5 Å². The van der Waals surface area contributed by atoms with Crippen LogP contribution in [0, 0.1) is 0 Å². The van der Waals surface area contributed by atoms with Gasteiger partial charge in [0.25, 0.3) is 0 Å². The summed E-state index contributed by atoms with van der Waals surface area (Å²) in [4.78, 5) is 16.9. The monoisotopic (exact) mass is 438 g/mol. The molecule has 2 saturated heterocycles. The van der Waals surface area contributed by atoms with Crippen LogP contribution in [-0.4, -0.2) is 92.0 Å². The molecule has 1 amide bonds. The summed E-state index contributed by atoms with van der Waals surface area (Å²) in [5.41, 5.74) is 0.601. The number of nitrogens with one attached hydrogen (secondary N) is 1. The van der Waals surface area contributed by atoms with Crippen LogP contribution >= 0.6 is 0 Å². The smallest absolute Gasteiger partial charge is 0.243 e. The lowest BCUT2D eigenvalue weighted by Gasteiger charge is -2.34. The van der Waals surface area contributed by atoms with Crippen LogP contribution in [0.2, 0.25) is 0 Å². The molecule has 2 aliphatic heterocycles. The van der Waals surface area contributed by atoms with E-state index in [4.69, 9.17) is 5.11 Å². The van der Waals surface area contributed by atoms with Crippen molar-refractivity contribution in [3.05, 3.63) is 24.3 Å². The average Bonchev–Trinajstić information content (AvgIpc) is 2.75. The van der Waals surface area contributed by atoms with Crippen LogP contribution < -0.4 is 5.32 Å². The van der Waals surface area contributed by atoms with Crippen LogP contribution in [0.4, 0.5) is 5.69 Å².